The van der Waals surface area contributed by atoms with Crippen LogP contribution in [0.2, 0.25) is 0 Å². The van der Waals surface area contributed by atoms with Gasteiger partial charge in [0.1, 0.15) is 48.8 Å². The first-order chi connectivity index (χ1) is 17.2. The number of hydrogen-bond acceptors (Lipinski definition) is 11. The molecule has 0 aromatic rings. The molecule has 7 N–H and O–H groups in total. The molecule has 11 nitrogen and oxygen atoms in total. The van der Waals surface area contributed by atoms with Crippen LogP contribution in [0, 0.1) is 0 Å². The fourth-order valence-corrected chi connectivity index (χ4v) is 4.67. The Hall–Kier alpha value is -0.890. The Bertz CT molecular complexity index is 621. The van der Waals surface area contributed by atoms with Crippen molar-refractivity contribution in [2.24, 2.45) is 0 Å². The molecular formula is C25H46O11. The molecule has 1 heterocycles. The molecule has 0 aromatic carbocycles. The van der Waals surface area contributed by atoms with Gasteiger partial charge in [0.25, 0.3) is 0 Å². The minimum Gasteiger partial charge on any atom is -0.457 e. The molecule has 2 fully saturated rings. The first kappa shape index (κ1) is 31.3. The fourth-order valence-electron chi connectivity index (χ4n) is 4.67. The monoisotopic (exact) mass is 522 g/mol. The van der Waals surface area contributed by atoms with Crippen molar-refractivity contribution in [2.75, 3.05) is 6.61 Å². The second-order valence-corrected chi connectivity index (χ2v) is 10.1. The Morgan fingerprint density at radius 3 is 1.72 bits per heavy atom. The molecule has 0 unspecified atom stereocenters. The molecule has 1 aliphatic heterocycles. The van der Waals surface area contributed by atoms with Crippen molar-refractivity contribution in [3.8, 4) is 0 Å². The van der Waals surface area contributed by atoms with E-state index in [-0.39, 0.29) is 13.0 Å². The van der Waals surface area contributed by atoms with Gasteiger partial charge in [-0.15, -0.1) is 0 Å². The number of rotatable bonds is 15. The molecule has 1 saturated carbocycles. The van der Waals surface area contributed by atoms with Crippen LogP contribution in [0.3, 0.4) is 0 Å². The highest BCUT2D eigenvalue weighted by atomic mass is 16.7. The number of ether oxygens (including phenoxy) is 3. The van der Waals surface area contributed by atoms with Crippen LogP contribution in [0.25, 0.3) is 0 Å². The lowest BCUT2D eigenvalue weighted by Gasteiger charge is -2.45. The van der Waals surface area contributed by atoms with Crippen LogP contribution in [0.5, 0.6) is 0 Å². The van der Waals surface area contributed by atoms with Crippen molar-refractivity contribution in [1.82, 2.24) is 0 Å². The molecule has 0 spiro atoms. The van der Waals surface area contributed by atoms with Crippen molar-refractivity contribution in [1.29, 1.82) is 0 Å². The largest absolute Gasteiger partial charge is 0.457 e. The fraction of sp³-hybridized carbons (Fsp3) is 0.960. The Labute approximate surface area is 213 Å². The highest BCUT2D eigenvalue weighted by Crippen LogP contribution is 2.30. The Morgan fingerprint density at radius 2 is 1.17 bits per heavy atom. The van der Waals surface area contributed by atoms with E-state index in [0.717, 1.165) is 19.3 Å². The highest BCUT2D eigenvalue weighted by Gasteiger charge is 2.53. The lowest BCUT2D eigenvalue weighted by molar-refractivity contribution is -0.322. The van der Waals surface area contributed by atoms with Gasteiger partial charge in [-0.2, -0.15) is 0 Å². The van der Waals surface area contributed by atoms with Crippen LogP contribution in [0.1, 0.15) is 84.0 Å². The average Bonchev–Trinajstić information content (AvgIpc) is 2.86. The predicted molar refractivity (Wildman–Crippen MR) is 128 cm³/mol. The second-order valence-electron chi connectivity index (χ2n) is 10.1. The lowest BCUT2D eigenvalue weighted by Crippen LogP contribution is -2.67. The summed E-state index contributed by atoms with van der Waals surface area (Å²) >= 11 is 0. The molecule has 36 heavy (non-hydrogen) atoms. The van der Waals surface area contributed by atoms with E-state index >= 15 is 0 Å². The highest BCUT2D eigenvalue weighted by molar-refractivity contribution is 5.69. The normalized spacial score (nSPS) is 37.1. The molecule has 212 valence electrons. The van der Waals surface area contributed by atoms with Crippen molar-refractivity contribution < 1.29 is 54.8 Å². The molecule has 2 aliphatic rings. The average molecular weight is 523 g/mol. The van der Waals surface area contributed by atoms with Crippen molar-refractivity contribution in [3.63, 3.8) is 0 Å². The van der Waals surface area contributed by atoms with Crippen LogP contribution < -0.4 is 0 Å². The maximum absolute atomic E-state index is 12.4. The summed E-state index contributed by atoms with van der Waals surface area (Å²) in [5.74, 6) is -0.667. The minimum atomic E-state index is -1.82. The van der Waals surface area contributed by atoms with E-state index in [1.54, 1.807) is 0 Å². The number of carbonyl (C=O) groups is 1. The number of unbranched alkanes of at least 4 members (excludes halogenated alkanes) is 10. The van der Waals surface area contributed by atoms with Crippen LogP contribution in [0.4, 0.5) is 0 Å². The Balaban J connectivity index is 1.79. The topological polar surface area (TPSA) is 186 Å². The summed E-state index contributed by atoms with van der Waals surface area (Å²) in [7, 11) is 0. The summed E-state index contributed by atoms with van der Waals surface area (Å²) in [5.41, 5.74) is 0. The minimum absolute atomic E-state index is 0.0646. The zero-order chi connectivity index (χ0) is 26.7. The molecule has 0 bridgehead atoms. The number of aliphatic hydroxyl groups excluding tert-OH is 7. The van der Waals surface area contributed by atoms with Gasteiger partial charge < -0.3 is 50.0 Å². The maximum Gasteiger partial charge on any atom is 0.306 e. The molecule has 10 atom stereocenters. The zero-order valence-electron chi connectivity index (χ0n) is 21.2. The van der Waals surface area contributed by atoms with Gasteiger partial charge in [-0.05, 0) is 6.42 Å². The Morgan fingerprint density at radius 1 is 0.667 bits per heavy atom. The molecule has 0 radical (unpaired) electrons. The summed E-state index contributed by atoms with van der Waals surface area (Å²) < 4.78 is 16.0. The van der Waals surface area contributed by atoms with E-state index in [1.165, 1.54) is 44.9 Å². The molecule has 0 aromatic heterocycles. The predicted octanol–water partition coefficient (Wildman–Crippen LogP) is -0.119. The van der Waals surface area contributed by atoms with E-state index in [1.807, 2.05) is 0 Å². The molecule has 0 amide bonds. The first-order valence-electron chi connectivity index (χ1n) is 13.4. The summed E-state index contributed by atoms with van der Waals surface area (Å²) in [6, 6.07) is 0. The van der Waals surface area contributed by atoms with Gasteiger partial charge in [0.2, 0.25) is 0 Å². The van der Waals surface area contributed by atoms with Gasteiger partial charge >= 0.3 is 5.97 Å². The summed E-state index contributed by atoms with van der Waals surface area (Å²) in [4.78, 5) is 12.4. The lowest BCUT2D eigenvalue weighted by atomic mass is 9.84. The van der Waals surface area contributed by atoms with E-state index in [2.05, 4.69) is 6.92 Å². The zero-order valence-corrected chi connectivity index (χ0v) is 21.2. The summed E-state index contributed by atoms with van der Waals surface area (Å²) in [6.45, 7) is 1.83. The van der Waals surface area contributed by atoms with Crippen LogP contribution in [-0.4, -0.2) is 110 Å². The quantitative estimate of drug-likeness (QED) is 0.112. The van der Waals surface area contributed by atoms with Gasteiger partial charge in [-0.25, -0.2) is 0 Å². The number of hydrogen-bond donors (Lipinski definition) is 7. The van der Waals surface area contributed by atoms with Gasteiger partial charge in [0.05, 0.1) is 6.61 Å². The molecule has 1 aliphatic carbocycles. The van der Waals surface area contributed by atoms with Crippen molar-refractivity contribution >= 4 is 5.97 Å². The molecule has 1 saturated heterocycles. The molecule has 11 heteroatoms. The second kappa shape index (κ2) is 16.2. The molecular weight excluding hydrogens is 476 g/mol. The number of carbonyl (C=O) groups excluding carboxylic acids is 1. The van der Waals surface area contributed by atoms with E-state index < -0.39 is 67.2 Å². The summed E-state index contributed by atoms with van der Waals surface area (Å²) in [5, 5.41) is 70.6. The van der Waals surface area contributed by atoms with Crippen LogP contribution in [0.15, 0.2) is 0 Å². The van der Waals surface area contributed by atoms with E-state index in [0.29, 0.717) is 6.42 Å². The SMILES string of the molecule is CCCCCCCCCCCCCC(=O)O[C@@H]1[C@H](O)[C@@H](O)[C@H](O)[C@@H](O)[C@@H]1O[C@@H]1OC[C@@H](O)[C@H](O)[C@H]1O. The van der Waals surface area contributed by atoms with Gasteiger partial charge in [-0.3, -0.25) is 4.79 Å². The first-order valence-corrected chi connectivity index (χ1v) is 13.4. The van der Waals surface area contributed by atoms with Crippen molar-refractivity contribution in [3.05, 3.63) is 0 Å². The van der Waals surface area contributed by atoms with Crippen LogP contribution in [-0.2, 0) is 19.0 Å². The number of aliphatic hydroxyl groups is 7. The third-order valence-corrected chi connectivity index (χ3v) is 7.04. The van der Waals surface area contributed by atoms with Crippen LogP contribution >= 0.6 is 0 Å². The van der Waals surface area contributed by atoms with Gasteiger partial charge in [0, 0.05) is 6.42 Å². The standard InChI is InChI=1S/C25H46O11/c1-2-3-4-5-6-7-8-9-10-11-12-13-16(27)35-23-20(31)18(29)19(30)21(32)24(23)36-25-22(33)17(28)15(26)14-34-25/h15,17-26,28-33H,2-14H2,1H3/t15-,17+,18+,19+,20-,21-,22-,23-,24+,25+/m1/s1. The third-order valence-electron chi connectivity index (χ3n) is 7.04. The molecule has 2 rings (SSSR count). The summed E-state index contributed by atoms with van der Waals surface area (Å²) in [6.07, 6.45) is -4.15. The van der Waals surface area contributed by atoms with E-state index in [4.69, 9.17) is 14.2 Å². The van der Waals surface area contributed by atoms with Gasteiger partial charge in [0.15, 0.2) is 12.4 Å². The number of esters is 1. The third kappa shape index (κ3) is 9.14. The van der Waals surface area contributed by atoms with Gasteiger partial charge in [-0.1, -0.05) is 71.1 Å². The van der Waals surface area contributed by atoms with E-state index in [9.17, 15) is 40.5 Å². The smallest absolute Gasteiger partial charge is 0.306 e. The Kier molecular flexibility index (Phi) is 14.1. The van der Waals surface area contributed by atoms with Crippen molar-refractivity contribution in [2.45, 2.75) is 145 Å². The maximum atomic E-state index is 12.4.